The number of halogens is 1. The highest BCUT2D eigenvalue weighted by atomic mass is 79.9. The van der Waals surface area contributed by atoms with E-state index >= 15 is 0 Å². The molecule has 0 aromatic heterocycles. The average Bonchev–Trinajstić information content (AvgIpc) is 1.95. The van der Waals surface area contributed by atoms with Crippen LogP contribution in [-0.4, -0.2) is 5.11 Å². The number of phenols is 1. The first kappa shape index (κ1) is 7.70. The van der Waals surface area contributed by atoms with E-state index in [9.17, 15) is 4.57 Å². The molecule has 0 unspecified atom stereocenters. The molecule has 0 heterocycles. The third-order valence-electron chi connectivity index (χ3n) is 1.06. The molecule has 0 fully saturated rings. The van der Waals surface area contributed by atoms with E-state index in [0.717, 1.165) is 0 Å². The van der Waals surface area contributed by atoms with Gasteiger partial charge >= 0.3 is 0 Å². The van der Waals surface area contributed by atoms with E-state index in [1.165, 1.54) is 6.07 Å². The van der Waals surface area contributed by atoms with Gasteiger partial charge in [0.05, 0.1) is 9.78 Å². The molecule has 0 spiro atoms. The van der Waals surface area contributed by atoms with E-state index in [1.54, 1.807) is 12.1 Å². The van der Waals surface area contributed by atoms with Crippen LogP contribution in [0.25, 0.3) is 0 Å². The Kier molecular flexibility index (Phi) is 2.41. The fourth-order valence-corrected chi connectivity index (χ4v) is 1.40. The predicted molar refractivity (Wildman–Crippen MR) is 43.0 cm³/mol. The van der Waals surface area contributed by atoms with Crippen molar-refractivity contribution in [2.24, 2.45) is 0 Å². The zero-order valence-electron chi connectivity index (χ0n) is 4.91. The maximum atomic E-state index is 10.3. The number of rotatable bonds is 1. The van der Waals surface area contributed by atoms with Crippen molar-refractivity contribution in [1.29, 1.82) is 0 Å². The quantitative estimate of drug-likeness (QED) is 0.734. The van der Waals surface area contributed by atoms with Gasteiger partial charge in [0.15, 0.2) is 8.46 Å². The summed E-state index contributed by atoms with van der Waals surface area (Å²) in [5.41, 5.74) is 0. The standard InChI is InChI=1S/C6H4BrO2P/c7-6-4(8)2-1-3-5(6)10-9/h1-3,8H. The second kappa shape index (κ2) is 3.13. The second-order valence-corrected chi connectivity index (χ2v) is 3.16. The van der Waals surface area contributed by atoms with Gasteiger partial charge < -0.3 is 5.11 Å². The van der Waals surface area contributed by atoms with Crippen LogP contribution in [0.2, 0.25) is 0 Å². The van der Waals surface area contributed by atoms with Gasteiger partial charge in [-0.15, -0.1) is 0 Å². The average molecular weight is 219 g/mol. The van der Waals surface area contributed by atoms with Crippen molar-refractivity contribution in [3.8, 4) is 5.75 Å². The number of benzene rings is 1. The van der Waals surface area contributed by atoms with Crippen molar-refractivity contribution < 1.29 is 9.67 Å². The fourth-order valence-electron chi connectivity index (χ4n) is 0.578. The lowest BCUT2D eigenvalue weighted by Crippen LogP contribution is -1.91. The Morgan fingerprint density at radius 1 is 1.50 bits per heavy atom. The number of hydrogen-bond donors (Lipinski definition) is 1. The van der Waals surface area contributed by atoms with Crippen LogP contribution in [0.4, 0.5) is 0 Å². The molecule has 0 atom stereocenters. The van der Waals surface area contributed by atoms with Gasteiger partial charge in [0, 0.05) is 0 Å². The number of hydrogen-bond acceptors (Lipinski definition) is 2. The van der Waals surface area contributed by atoms with Crippen molar-refractivity contribution in [3.05, 3.63) is 22.7 Å². The van der Waals surface area contributed by atoms with Gasteiger partial charge in [-0.25, -0.2) is 0 Å². The van der Waals surface area contributed by atoms with Gasteiger partial charge in [0.1, 0.15) is 5.75 Å². The van der Waals surface area contributed by atoms with Crippen LogP contribution >= 0.6 is 24.4 Å². The molecule has 1 aromatic carbocycles. The van der Waals surface area contributed by atoms with Crippen molar-refractivity contribution in [3.63, 3.8) is 0 Å². The minimum Gasteiger partial charge on any atom is -0.507 e. The Labute approximate surface area is 68.2 Å². The van der Waals surface area contributed by atoms with E-state index in [1.807, 2.05) is 0 Å². The number of aromatic hydroxyl groups is 1. The molecule has 0 aliphatic rings. The van der Waals surface area contributed by atoms with Crippen LogP contribution in [0.15, 0.2) is 22.7 Å². The summed E-state index contributed by atoms with van der Waals surface area (Å²) in [5, 5.41) is 9.60. The molecule has 0 aliphatic carbocycles. The van der Waals surface area contributed by atoms with Crippen LogP contribution in [-0.2, 0) is 4.57 Å². The zero-order chi connectivity index (χ0) is 7.56. The smallest absolute Gasteiger partial charge is 0.193 e. The molecule has 0 bridgehead atoms. The van der Waals surface area contributed by atoms with Crippen molar-refractivity contribution >= 4 is 29.7 Å². The van der Waals surface area contributed by atoms with E-state index < -0.39 is 0 Å². The minimum absolute atomic E-state index is 0.0895. The summed E-state index contributed by atoms with van der Waals surface area (Å²) < 4.78 is 10.8. The number of phenolic OH excluding ortho intramolecular Hbond substituents is 1. The maximum absolute atomic E-state index is 10.3. The monoisotopic (exact) mass is 218 g/mol. The van der Waals surface area contributed by atoms with Gasteiger partial charge in [-0.2, -0.15) is 0 Å². The van der Waals surface area contributed by atoms with Gasteiger partial charge in [-0.05, 0) is 28.1 Å². The van der Waals surface area contributed by atoms with Gasteiger partial charge in [0.25, 0.3) is 0 Å². The molecule has 1 aromatic rings. The third kappa shape index (κ3) is 1.36. The SMILES string of the molecule is O=Pc1cccc(O)c1Br. The molecular formula is C6H4BrO2P. The molecule has 0 radical (unpaired) electrons. The summed E-state index contributed by atoms with van der Waals surface area (Å²) >= 11 is 3.08. The third-order valence-corrected chi connectivity index (χ3v) is 2.77. The maximum Gasteiger partial charge on any atom is 0.193 e. The molecule has 0 amide bonds. The first-order valence-electron chi connectivity index (χ1n) is 2.56. The van der Waals surface area contributed by atoms with Crippen LogP contribution in [0.3, 0.4) is 0 Å². The van der Waals surface area contributed by atoms with Gasteiger partial charge in [-0.1, -0.05) is 6.07 Å². The molecule has 0 aliphatic heterocycles. The lowest BCUT2D eigenvalue weighted by atomic mass is 10.3. The molecule has 52 valence electrons. The van der Waals surface area contributed by atoms with Crippen molar-refractivity contribution in [2.45, 2.75) is 0 Å². The molecule has 0 saturated carbocycles. The fraction of sp³-hybridized carbons (Fsp3) is 0. The first-order chi connectivity index (χ1) is 4.75. The largest absolute Gasteiger partial charge is 0.507 e. The summed E-state index contributed by atoms with van der Waals surface area (Å²) in [6.45, 7) is 0. The lowest BCUT2D eigenvalue weighted by molar-refractivity contribution is 0.472. The summed E-state index contributed by atoms with van der Waals surface area (Å²) in [4.78, 5) is 0. The molecule has 0 saturated heterocycles. The highest BCUT2D eigenvalue weighted by Crippen LogP contribution is 2.22. The molecule has 1 rings (SSSR count). The minimum atomic E-state index is -0.0895. The van der Waals surface area contributed by atoms with E-state index in [0.29, 0.717) is 9.78 Å². The van der Waals surface area contributed by atoms with Crippen molar-refractivity contribution in [1.82, 2.24) is 0 Å². The molecule has 1 N–H and O–H groups in total. The normalized spacial score (nSPS) is 10.1. The van der Waals surface area contributed by atoms with Gasteiger partial charge in [-0.3, -0.25) is 4.57 Å². The molecule has 4 heteroatoms. The Balaban J connectivity index is 3.27. The van der Waals surface area contributed by atoms with Crippen molar-refractivity contribution in [2.75, 3.05) is 0 Å². The summed E-state index contributed by atoms with van der Waals surface area (Å²) in [7, 11) is -0.0895. The highest BCUT2D eigenvalue weighted by Gasteiger charge is 2.02. The van der Waals surface area contributed by atoms with Gasteiger partial charge in [0.2, 0.25) is 0 Å². The van der Waals surface area contributed by atoms with Crippen LogP contribution in [0, 0.1) is 0 Å². The lowest BCUT2D eigenvalue weighted by Gasteiger charge is -1.95. The Hall–Kier alpha value is -0.400. The van der Waals surface area contributed by atoms with Crippen LogP contribution < -0.4 is 5.30 Å². The summed E-state index contributed by atoms with van der Waals surface area (Å²) in [6, 6.07) is 4.83. The molecular weight excluding hydrogens is 215 g/mol. The zero-order valence-corrected chi connectivity index (χ0v) is 7.39. The van der Waals surface area contributed by atoms with E-state index in [2.05, 4.69) is 15.9 Å². The Bertz CT molecular complexity index is 262. The molecule has 10 heavy (non-hydrogen) atoms. The topological polar surface area (TPSA) is 37.3 Å². The highest BCUT2D eigenvalue weighted by molar-refractivity contribution is 9.10. The molecule has 2 nitrogen and oxygen atoms in total. The summed E-state index contributed by atoms with van der Waals surface area (Å²) in [6.07, 6.45) is 0. The second-order valence-electron chi connectivity index (χ2n) is 1.70. The predicted octanol–water partition coefficient (Wildman–Crippen LogP) is 2.07. The summed E-state index contributed by atoms with van der Waals surface area (Å²) in [5.74, 6) is 0.112. The Morgan fingerprint density at radius 2 is 2.20 bits per heavy atom. The Morgan fingerprint density at radius 3 is 2.70 bits per heavy atom. The first-order valence-corrected chi connectivity index (χ1v) is 4.17. The van der Waals surface area contributed by atoms with E-state index in [-0.39, 0.29) is 14.2 Å². The van der Waals surface area contributed by atoms with E-state index in [4.69, 9.17) is 5.11 Å². The van der Waals surface area contributed by atoms with Crippen LogP contribution in [0.5, 0.6) is 5.75 Å². The van der Waals surface area contributed by atoms with Crippen LogP contribution in [0.1, 0.15) is 0 Å².